The standard InChI is InChI=1S/C15H13N3O2/c1-20-12-7-8-14(16-10-12)18-15(19)9-13(17-18)11-5-3-2-4-6-11/h2-10,17H,1H3. The predicted octanol–water partition coefficient (Wildman–Crippen LogP) is 2.24. The van der Waals surface area contributed by atoms with E-state index in [2.05, 4.69) is 10.1 Å². The van der Waals surface area contributed by atoms with E-state index in [4.69, 9.17) is 4.74 Å². The van der Waals surface area contributed by atoms with Gasteiger partial charge in [-0.25, -0.2) is 9.67 Å². The van der Waals surface area contributed by atoms with Gasteiger partial charge >= 0.3 is 0 Å². The molecule has 1 aromatic carbocycles. The molecular weight excluding hydrogens is 254 g/mol. The molecular formula is C15H13N3O2. The highest BCUT2D eigenvalue weighted by Gasteiger charge is 2.07. The zero-order valence-electron chi connectivity index (χ0n) is 10.9. The fraction of sp³-hybridized carbons (Fsp3) is 0.0667. The van der Waals surface area contributed by atoms with Crippen molar-refractivity contribution < 1.29 is 4.74 Å². The first-order valence-corrected chi connectivity index (χ1v) is 6.16. The molecule has 5 nitrogen and oxygen atoms in total. The van der Waals surface area contributed by atoms with E-state index in [1.165, 1.54) is 4.68 Å². The zero-order chi connectivity index (χ0) is 13.9. The van der Waals surface area contributed by atoms with Crippen molar-refractivity contribution in [3.8, 4) is 22.8 Å². The lowest BCUT2D eigenvalue weighted by Crippen LogP contribution is -2.14. The molecule has 3 rings (SSSR count). The Morgan fingerprint density at radius 3 is 2.60 bits per heavy atom. The van der Waals surface area contributed by atoms with Crippen molar-refractivity contribution in [1.82, 2.24) is 14.8 Å². The van der Waals surface area contributed by atoms with Crippen LogP contribution in [0.2, 0.25) is 0 Å². The average molecular weight is 267 g/mol. The molecule has 5 heteroatoms. The van der Waals surface area contributed by atoms with Gasteiger partial charge in [-0.1, -0.05) is 30.3 Å². The SMILES string of the molecule is COc1ccc(-n2[nH]c(-c3ccccc3)cc2=O)nc1. The average Bonchev–Trinajstić information content (AvgIpc) is 2.90. The maximum atomic E-state index is 12.0. The van der Waals surface area contributed by atoms with Crippen LogP contribution in [0.15, 0.2) is 59.5 Å². The molecule has 100 valence electrons. The first-order valence-electron chi connectivity index (χ1n) is 6.16. The third-order valence-corrected chi connectivity index (χ3v) is 2.99. The summed E-state index contributed by atoms with van der Waals surface area (Å²) >= 11 is 0. The van der Waals surface area contributed by atoms with Gasteiger partial charge in [0.15, 0.2) is 5.82 Å². The van der Waals surface area contributed by atoms with Crippen LogP contribution in [0.3, 0.4) is 0 Å². The van der Waals surface area contributed by atoms with Gasteiger partial charge in [0.05, 0.1) is 19.0 Å². The lowest BCUT2D eigenvalue weighted by Gasteiger charge is -2.03. The first-order chi connectivity index (χ1) is 9.78. The predicted molar refractivity (Wildman–Crippen MR) is 76.2 cm³/mol. The number of hydrogen-bond donors (Lipinski definition) is 1. The van der Waals surface area contributed by atoms with Crippen LogP contribution in [0.1, 0.15) is 0 Å². The van der Waals surface area contributed by atoms with Gasteiger partial charge in [-0.15, -0.1) is 0 Å². The Morgan fingerprint density at radius 1 is 1.15 bits per heavy atom. The molecule has 0 aliphatic rings. The quantitative estimate of drug-likeness (QED) is 0.791. The molecule has 0 atom stereocenters. The molecule has 0 aliphatic carbocycles. The molecule has 3 aromatic rings. The Hall–Kier alpha value is -2.82. The summed E-state index contributed by atoms with van der Waals surface area (Å²) in [7, 11) is 1.57. The van der Waals surface area contributed by atoms with E-state index in [1.807, 2.05) is 30.3 Å². The number of H-pyrrole nitrogens is 1. The number of aromatic amines is 1. The number of ether oxygens (including phenoxy) is 1. The topological polar surface area (TPSA) is 59.9 Å². The molecule has 1 N–H and O–H groups in total. The van der Waals surface area contributed by atoms with E-state index >= 15 is 0 Å². The summed E-state index contributed by atoms with van der Waals surface area (Å²) < 4.78 is 6.45. The van der Waals surface area contributed by atoms with Crippen LogP contribution in [0.5, 0.6) is 5.75 Å². The number of aromatic nitrogens is 3. The first kappa shape index (κ1) is 12.2. The summed E-state index contributed by atoms with van der Waals surface area (Å²) in [6, 6.07) is 14.7. The summed E-state index contributed by atoms with van der Waals surface area (Å²) in [4.78, 5) is 16.2. The number of hydrogen-bond acceptors (Lipinski definition) is 3. The lowest BCUT2D eigenvalue weighted by molar-refractivity contribution is 0.412. The van der Waals surface area contributed by atoms with Crippen LogP contribution < -0.4 is 10.3 Å². The minimum atomic E-state index is -0.151. The third-order valence-electron chi connectivity index (χ3n) is 2.99. The maximum absolute atomic E-state index is 12.0. The van der Waals surface area contributed by atoms with Gasteiger partial charge in [0, 0.05) is 6.07 Å². The van der Waals surface area contributed by atoms with Gasteiger partial charge in [-0.05, 0) is 17.7 Å². The van der Waals surface area contributed by atoms with Gasteiger partial charge < -0.3 is 4.74 Å². The van der Waals surface area contributed by atoms with E-state index in [0.717, 1.165) is 11.3 Å². The van der Waals surface area contributed by atoms with Crippen LogP contribution in [0.4, 0.5) is 0 Å². The monoisotopic (exact) mass is 267 g/mol. The number of nitrogens with one attached hydrogen (secondary N) is 1. The molecule has 0 spiro atoms. The van der Waals surface area contributed by atoms with Gasteiger partial charge in [-0.2, -0.15) is 0 Å². The van der Waals surface area contributed by atoms with E-state index in [-0.39, 0.29) is 5.56 Å². The number of pyridine rings is 1. The Bertz CT molecular complexity index is 758. The molecule has 0 saturated heterocycles. The fourth-order valence-electron chi connectivity index (χ4n) is 1.96. The highest BCUT2D eigenvalue weighted by Crippen LogP contribution is 2.16. The minimum Gasteiger partial charge on any atom is -0.495 e. The van der Waals surface area contributed by atoms with Crippen LogP contribution in [-0.4, -0.2) is 21.9 Å². The molecule has 0 bridgehead atoms. The maximum Gasteiger partial charge on any atom is 0.273 e. The molecule has 2 aromatic heterocycles. The Kier molecular flexibility index (Phi) is 3.09. The number of methoxy groups -OCH3 is 1. The molecule has 0 unspecified atom stereocenters. The van der Waals surface area contributed by atoms with Crippen molar-refractivity contribution in [1.29, 1.82) is 0 Å². The van der Waals surface area contributed by atoms with Gasteiger partial charge in [0.2, 0.25) is 0 Å². The number of nitrogens with zero attached hydrogens (tertiary/aromatic N) is 2. The second-order valence-electron chi connectivity index (χ2n) is 4.27. The molecule has 0 saturated carbocycles. The zero-order valence-corrected chi connectivity index (χ0v) is 10.9. The number of benzene rings is 1. The van der Waals surface area contributed by atoms with E-state index < -0.39 is 0 Å². The Labute approximate surface area is 115 Å². The second kappa shape index (κ2) is 5.05. The highest BCUT2D eigenvalue weighted by atomic mass is 16.5. The minimum absolute atomic E-state index is 0.151. The highest BCUT2D eigenvalue weighted by molar-refractivity contribution is 5.58. The fourth-order valence-corrected chi connectivity index (χ4v) is 1.96. The Morgan fingerprint density at radius 2 is 1.95 bits per heavy atom. The van der Waals surface area contributed by atoms with Crippen molar-refractivity contribution in [2.75, 3.05) is 7.11 Å². The molecule has 2 heterocycles. The van der Waals surface area contributed by atoms with Crippen molar-refractivity contribution in [3.05, 3.63) is 65.1 Å². The summed E-state index contributed by atoms with van der Waals surface area (Å²) in [6.07, 6.45) is 1.57. The lowest BCUT2D eigenvalue weighted by atomic mass is 10.2. The van der Waals surface area contributed by atoms with E-state index in [0.29, 0.717) is 11.6 Å². The molecule has 0 aliphatic heterocycles. The van der Waals surface area contributed by atoms with Crippen LogP contribution in [0, 0.1) is 0 Å². The smallest absolute Gasteiger partial charge is 0.273 e. The normalized spacial score (nSPS) is 10.4. The largest absolute Gasteiger partial charge is 0.495 e. The van der Waals surface area contributed by atoms with Gasteiger partial charge in [0.25, 0.3) is 5.56 Å². The van der Waals surface area contributed by atoms with E-state index in [9.17, 15) is 4.79 Å². The van der Waals surface area contributed by atoms with Crippen molar-refractivity contribution in [2.24, 2.45) is 0 Å². The van der Waals surface area contributed by atoms with Crippen LogP contribution in [-0.2, 0) is 0 Å². The summed E-state index contributed by atoms with van der Waals surface area (Å²) in [5.74, 6) is 1.18. The summed E-state index contributed by atoms with van der Waals surface area (Å²) in [6.45, 7) is 0. The molecule has 0 amide bonds. The van der Waals surface area contributed by atoms with Crippen LogP contribution >= 0.6 is 0 Å². The third kappa shape index (κ3) is 2.21. The van der Waals surface area contributed by atoms with Gasteiger partial charge in [0.1, 0.15) is 5.75 Å². The molecule has 20 heavy (non-hydrogen) atoms. The second-order valence-corrected chi connectivity index (χ2v) is 4.27. The van der Waals surface area contributed by atoms with Crippen molar-refractivity contribution in [2.45, 2.75) is 0 Å². The molecule has 0 radical (unpaired) electrons. The van der Waals surface area contributed by atoms with Crippen LogP contribution in [0.25, 0.3) is 17.1 Å². The summed E-state index contributed by atoms with van der Waals surface area (Å²) in [5.41, 5.74) is 1.56. The van der Waals surface area contributed by atoms with Gasteiger partial charge in [-0.3, -0.25) is 9.89 Å². The summed E-state index contributed by atoms with van der Waals surface area (Å²) in [5, 5.41) is 3.05. The van der Waals surface area contributed by atoms with Crippen molar-refractivity contribution in [3.63, 3.8) is 0 Å². The Balaban J connectivity index is 2.02. The number of rotatable bonds is 3. The van der Waals surface area contributed by atoms with Crippen molar-refractivity contribution >= 4 is 0 Å². The van der Waals surface area contributed by atoms with E-state index in [1.54, 1.807) is 31.5 Å². The molecule has 0 fully saturated rings.